The molecule has 6 nitrogen and oxygen atoms in total. The van der Waals surface area contributed by atoms with E-state index in [2.05, 4.69) is 10.3 Å². The van der Waals surface area contributed by atoms with E-state index in [1.807, 2.05) is 13.0 Å². The van der Waals surface area contributed by atoms with E-state index in [1.165, 1.54) is 6.34 Å². The van der Waals surface area contributed by atoms with Crippen molar-refractivity contribution in [2.24, 2.45) is 4.99 Å². The number of hydrogen-bond acceptors (Lipinski definition) is 4. The first kappa shape index (κ1) is 16.8. The highest BCUT2D eigenvalue weighted by molar-refractivity contribution is 6.01. The molecule has 1 N–H and O–H groups in total. The molecule has 0 radical (unpaired) electrons. The van der Waals surface area contributed by atoms with Gasteiger partial charge in [-0.25, -0.2) is 4.99 Å². The highest BCUT2D eigenvalue weighted by Gasteiger charge is 2.28. The SMILES string of the molecule is C/C=C(C=O)\C(=C/CC)N=CN(C)C1CCC(=O)NC1=O. The second-order valence-electron chi connectivity index (χ2n) is 4.74. The molecule has 0 spiro atoms. The van der Waals surface area contributed by atoms with E-state index in [-0.39, 0.29) is 11.8 Å². The van der Waals surface area contributed by atoms with Crippen LogP contribution in [0.5, 0.6) is 0 Å². The Bertz CT molecular complexity index is 506. The fraction of sp³-hybridized carbons (Fsp3) is 0.467. The van der Waals surface area contributed by atoms with Crippen molar-refractivity contribution in [3.63, 3.8) is 0 Å². The second kappa shape index (κ2) is 8.14. The summed E-state index contributed by atoms with van der Waals surface area (Å²) in [5.41, 5.74) is 1.08. The van der Waals surface area contributed by atoms with Gasteiger partial charge in [-0.2, -0.15) is 0 Å². The van der Waals surface area contributed by atoms with E-state index in [0.717, 1.165) is 12.7 Å². The number of hydrogen-bond donors (Lipinski definition) is 1. The maximum Gasteiger partial charge on any atom is 0.249 e. The van der Waals surface area contributed by atoms with Crippen LogP contribution < -0.4 is 5.32 Å². The number of nitrogens with zero attached hydrogens (tertiary/aromatic N) is 2. The van der Waals surface area contributed by atoms with Gasteiger partial charge < -0.3 is 4.90 Å². The molecule has 0 aromatic carbocycles. The zero-order valence-electron chi connectivity index (χ0n) is 12.6. The largest absolute Gasteiger partial charge is 0.354 e. The van der Waals surface area contributed by atoms with Gasteiger partial charge in [-0.1, -0.05) is 19.1 Å². The number of imide groups is 1. The molecule has 2 amide bonds. The Balaban J connectivity index is 2.81. The van der Waals surface area contributed by atoms with Crippen LogP contribution in [-0.4, -0.2) is 42.4 Å². The molecule has 1 fully saturated rings. The summed E-state index contributed by atoms with van der Waals surface area (Å²) in [5, 5.41) is 2.30. The number of nitrogens with one attached hydrogen (secondary N) is 1. The van der Waals surface area contributed by atoms with Gasteiger partial charge in [-0.3, -0.25) is 19.7 Å². The minimum Gasteiger partial charge on any atom is -0.354 e. The number of piperidine rings is 1. The van der Waals surface area contributed by atoms with Crippen LogP contribution in [0.4, 0.5) is 0 Å². The van der Waals surface area contributed by atoms with Gasteiger partial charge in [0.15, 0.2) is 6.29 Å². The third kappa shape index (κ3) is 4.66. The zero-order valence-corrected chi connectivity index (χ0v) is 12.6. The van der Waals surface area contributed by atoms with Gasteiger partial charge >= 0.3 is 0 Å². The average Bonchev–Trinajstić information content (AvgIpc) is 2.45. The summed E-state index contributed by atoms with van der Waals surface area (Å²) in [6.45, 7) is 3.73. The first-order chi connectivity index (χ1) is 10.0. The number of allylic oxidation sites excluding steroid dienone is 3. The quantitative estimate of drug-likeness (QED) is 0.199. The molecule has 114 valence electrons. The van der Waals surface area contributed by atoms with Crippen LogP contribution in [-0.2, 0) is 14.4 Å². The molecule has 0 aromatic heterocycles. The van der Waals surface area contributed by atoms with E-state index in [9.17, 15) is 14.4 Å². The Morgan fingerprint density at radius 2 is 2.19 bits per heavy atom. The highest BCUT2D eigenvalue weighted by Crippen LogP contribution is 2.12. The first-order valence-corrected chi connectivity index (χ1v) is 6.95. The Morgan fingerprint density at radius 1 is 1.48 bits per heavy atom. The highest BCUT2D eigenvalue weighted by atomic mass is 16.2. The van der Waals surface area contributed by atoms with Crippen LogP contribution in [0.3, 0.4) is 0 Å². The molecule has 0 aromatic rings. The molecule has 1 aliphatic heterocycles. The number of carbonyl (C=O) groups excluding carboxylic acids is 3. The monoisotopic (exact) mass is 291 g/mol. The van der Waals surface area contributed by atoms with Crippen LogP contribution in [0, 0.1) is 0 Å². The molecule has 0 saturated carbocycles. The minimum absolute atomic E-state index is 0.245. The average molecular weight is 291 g/mol. The van der Waals surface area contributed by atoms with Crippen LogP contribution in [0.15, 0.2) is 28.4 Å². The summed E-state index contributed by atoms with van der Waals surface area (Å²) in [4.78, 5) is 39.8. The van der Waals surface area contributed by atoms with Crippen molar-refractivity contribution in [1.29, 1.82) is 0 Å². The van der Waals surface area contributed by atoms with E-state index in [1.54, 1.807) is 24.9 Å². The molecule has 1 rings (SSSR count). The maximum atomic E-state index is 11.7. The van der Waals surface area contributed by atoms with E-state index < -0.39 is 6.04 Å². The van der Waals surface area contributed by atoms with Crippen molar-refractivity contribution in [2.45, 2.75) is 39.2 Å². The number of aliphatic imine (C=N–C) groups is 1. The molecule has 1 atom stereocenters. The fourth-order valence-corrected chi connectivity index (χ4v) is 2.02. The Kier molecular flexibility index (Phi) is 6.52. The predicted octanol–water partition coefficient (Wildman–Crippen LogP) is 1.19. The van der Waals surface area contributed by atoms with Crippen molar-refractivity contribution in [3.8, 4) is 0 Å². The molecule has 6 heteroatoms. The van der Waals surface area contributed by atoms with Gasteiger partial charge in [0.25, 0.3) is 0 Å². The predicted molar refractivity (Wildman–Crippen MR) is 80.6 cm³/mol. The molecular formula is C15H21N3O3. The number of carbonyl (C=O) groups is 3. The summed E-state index contributed by atoms with van der Waals surface area (Å²) >= 11 is 0. The Labute approximate surface area is 124 Å². The van der Waals surface area contributed by atoms with E-state index in [0.29, 0.717) is 24.1 Å². The molecule has 1 aliphatic rings. The molecule has 21 heavy (non-hydrogen) atoms. The number of aldehydes is 1. The lowest BCUT2D eigenvalue weighted by molar-refractivity contribution is -0.136. The molecule has 0 bridgehead atoms. The lowest BCUT2D eigenvalue weighted by atomic mass is 10.1. The van der Waals surface area contributed by atoms with Crippen molar-refractivity contribution in [3.05, 3.63) is 23.4 Å². The standard InChI is InChI=1S/C15H21N3O3/c1-4-6-12(11(5-2)9-19)16-10-18(3)13-7-8-14(20)17-15(13)21/h5-6,9-10,13H,4,7-8H2,1-3H3,(H,17,20,21)/b11-5-,12-6+,16-10?. The number of rotatable bonds is 6. The lowest BCUT2D eigenvalue weighted by Gasteiger charge is -2.27. The number of amides is 2. The van der Waals surface area contributed by atoms with Crippen molar-refractivity contribution < 1.29 is 14.4 Å². The fourth-order valence-electron chi connectivity index (χ4n) is 2.02. The van der Waals surface area contributed by atoms with Gasteiger partial charge in [0.1, 0.15) is 6.04 Å². The summed E-state index contributed by atoms with van der Waals surface area (Å²) in [6.07, 6.45) is 7.35. The van der Waals surface area contributed by atoms with Gasteiger partial charge in [-0.15, -0.1) is 0 Å². The smallest absolute Gasteiger partial charge is 0.249 e. The number of likely N-dealkylation sites (N-methyl/N-ethyl adjacent to an activating group) is 1. The zero-order chi connectivity index (χ0) is 15.8. The molecule has 1 heterocycles. The van der Waals surface area contributed by atoms with Crippen molar-refractivity contribution in [1.82, 2.24) is 10.2 Å². The van der Waals surface area contributed by atoms with Crippen molar-refractivity contribution >= 4 is 24.4 Å². The van der Waals surface area contributed by atoms with Crippen LogP contribution in [0.1, 0.15) is 33.1 Å². The normalized spacial score (nSPS) is 20.6. The molecule has 1 saturated heterocycles. The Hall–Kier alpha value is -2.24. The van der Waals surface area contributed by atoms with Gasteiger partial charge in [0.05, 0.1) is 12.0 Å². The lowest BCUT2D eigenvalue weighted by Crippen LogP contribution is -2.50. The second-order valence-corrected chi connectivity index (χ2v) is 4.74. The molecular weight excluding hydrogens is 270 g/mol. The van der Waals surface area contributed by atoms with Gasteiger partial charge in [0, 0.05) is 19.0 Å². The maximum absolute atomic E-state index is 11.7. The van der Waals surface area contributed by atoms with E-state index in [4.69, 9.17) is 0 Å². The summed E-state index contributed by atoms with van der Waals surface area (Å²) in [6, 6.07) is -0.417. The van der Waals surface area contributed by atoms with Crippen LogP contribution in [0.25, 0.3) is 0 Å². The summed E-state index contributed by atoms with van der Waals surface area (Å²) in [5.74, 6) is -0.562. The Morgan fingerprint density at radius 3 is 2.71 bits per heavy atom. The summed E-state index contributed by atoms with van der Waals surface area (Å²) < 4.78 is 0. The third-order valence-corrected chi connectivity index (χ3v) is 3.21. The van der Waals surface area contributed by atoms with Crippen LogP contribution in [0.2, 0.25) is 0 Å². The van der Waals surface area contributed by atoms with E-state index >= 15 is 0 Å². The first-order valence-electron chi connectivity index (χ1n) is 6.95. The van der Waals surface area contributed by atoms with Crippen LogP contribution >= 0.6 is 0 Å². The third-order valence-electron chi connectivity index (χ3n) is 3.21. The summed E-state index contributed by atoms with van der Waals surface area (Å²) in [7, 11) is 1.73. The minimum atomic E-state index is -0.417. The van der Waals surface area contributed by atoms with Crippen molar-refractivity contribution in [2.75, 3.05) is 7.05 Å². The molecule has 1 unspecified atom stereocenters. The topological polar surface area (TPSA) is 78.8 Å². The molecule has 0 aliphatic carbocycles. The van der Waals surface area contributed by atoms with Gasteiger partial charge in [-0.05, 0) is 19.8 Å². The van der Waals surface area contributed by atoms with Gasteiger partial charge in [0.2, 0.25) is 11.8 Å².